The molecule has 0 unspecified atom stereocenters. The number of nitriles is 1. The van der Waals surface area contributed by atoms with Crippen LogP contribution >= 0.6 is 0 Å². The Morgan fingerprint density at radius 1 is 1.32 bits per heavy atom. The van der Waals surface area contributed by atoms with E-state index in [1.165, 1.54) is 24.3 Å². The quantitative estimate of drug-likeness (QED) is 0.566. The standard InChI is InChI=1S/C16H15FN4O4/c17-12-4-2-11(3-5-12)16-20-14(25-21-16)6-7-15(23)24-10-13(22)19-9-1-8-18/h2-5H,1,6-7,9-10H2,(H,19,22). The summed E-state index contributed by atoms with van der Waals surface area (Å²) in [4.78, 5) is 27.0. The number of amides is 1. The number of halogens is 1. The molecule has 0 bridgehead atoms. The van der Waals surface area contributed by atoms with Crippen LogP contribution in [-0.2, 0) is 20.7 Å². The molecule has 0 saturated carbocycles. The number of nitrogens with one attached hydrogen (secondary N) is 1. The molecule has 1 heterocycles. The van der Waals surface area contributed by atoms with Gasteiger partial charge in [-0.05, 0) is 24.3 Å². The van der Waals surface area contributed by atoms with Crippen molar-refractivity contribution in [3.8, 4) is 17.5 Å². The topological polar surface area (TPSA) is 118 Å². The van der Waals surface area contributed by atoms with Crippen LogP contribution in [0.25, 0.3) is 11.4 Å². The van der Waals surface area contributed by atoms with Gasteiger partial charge in [0.25, 0.3) is 5.91 Å². The Morgan fingerprint density at radius 2 is 2.08 bits per heavy atom. The van der Waals surface area contributed by atoms with Gasteiger partial charge in [-0.2, -0.15) is 10.2 Å². The number of ether oxygens (including phenoxy) is 1. The lowest BCUT2D eigenvalue weighted by atomic mass is 10.2. The second-order valence-corrected chi connectivity index (χ2v) is 4.94. The van der Waals surface area contributed by atoms with E-state index in [9.17, 15) is 14.0 Å². The van der Waals surface area contributed by atoms with E-state index in [4.69, 9.17) is 14.5 Å². The number of rotatable bonds is 8. The summed E-state index contributed by atoms with van der Waals surface area (Å²) in [7, 11) is 0. The molecule has 0 aliphatic carbocycles. The lowest BCUT2D eigenvalue weighted by Crippen LogP contribution is -2.29. The van der Waals surface area contributed by atoms with Gasteiger partial charge in [0.1, 0.15) is 5.82 Å². The Hall–Kier alpha value is -3.28. The second kappa shape index (κ2) is 9.12. The number of aryl methyl sites for hydroxylation is 1. The fraction of sp³-hybridized carbons (Fsp3) is 0.312. The molecule has 2 rings (SSSR count). The largest absolute Gasteiger partial charge is 0.456 e. The Bertz CT molecular complexity index is 767. The van der Waals surface area contributed by atoms with Crippen LogP contribution in [0.2, 0.25) is 0 Å². The van der Waals surface area contributed by atoms with Crippen LogP contribution in [0.1, 0.15) is 18.7 Å². The van der Waals surface area contributed by atoms with E-state index in [1.54, 1.807) is 0 Å². The molecule has 0 fully saturated rings. The van der Waals surface area contributed by atoms with Crippen LogP contribution in [0.3, 0.4) is 0 Å². The molecule has 130 valence electrons. The molecule has 0 saturated heterocycles. The first-order valence-electron chi connectivity index (χ1n) is 7.46. The molecular formula is C16H15FN4O4. The predicted octanol–water partition coefficient (Wildman–Crippen LogP) is 1.38. The molecule has 0 aliphatic heterocycles. The van der Waals surface area contributed by atoms with E-state index < -0.39 is 18.5 Å². The number of hydrogen-bond acceptors (Lipinski definition) is 7. The molecule has 8 nitrogen and oxygen atoms in total. The molecule has 9 heteroatoms. The summed E-state index contributed by atoms with van der Waals surface area (Å²) in [5, 5.41) is 14.5. The minimum atomic E-state index is -0.586. The van der Waals surface area contributed by atoms with Crippen molar-refractivity contribution in [2.45, 2.75) is 19.3 Å². The molecule has 0 spiro atoms. The van der Waals surface area contributed by atoms with Crippen LogP contribution in [0.5, 0.6) is 0 Å². The van der Waals surface area contributed by atoms with Crippen LogP contribution in [0, 0.1) is 17.1 Å². The van der Waals surface area contributed by atoms with Gasteiger partial charge in [-0.15, -0.1) is 0 Å². The maximum atomic E-state index is 12.9. The van der Waals surface area contributed by atoms with E-state index in [-0.39, 0.29) is 37.5 Å². The van der Waals surface area contributed by atoms with Gasteiger partial charge in [0.2, 0.25) is 11.7 Å². The summed E-state index contributed by atoms with van der Waals surface area (Å²) in [5.41, 5.74) is 0.591. The first-order valence-corrected chi connectivity index (χ1v) is 7.46. The molecule has 0 radical (unpaired) electrons. The summed E-state index contributed by atoms with van der Waals surface area (Å²) in [5.74, 6) is -0.904. The van der Waals surface area contributed by atoms with E-state index in [0.29, 0.717) is 11.4 Å². The highest BCUT2D eigenvalue weighted by atomic mass is 19.1. The summed E-state index contributed by atoms with van der Waals surface area (Å²) in [6.45, 7) is -0.198. The normalized spacial score (nSPS) is 10.1. The smallest absolute Gasteiger partial charge is 0.306 e. The van der Waals surface area contributed by atoms with E-state index >= 15 is 0 Å². The Kier molecular flexibility index (Phi) is 6.59. The van der Waals surface area contributed by atoms with Crippen LogP contribution < -0.4 is 5.32 Å². The Morgan fingerprint density at radius 3 is 2.80 bits per heavy atom. The predicted molar refractivity (Wildman–Crippen MR) is 82.2 cm³/mol. The monoisotopic (exact) mass is 346 g/mol. The SMILES string of the molecule is N#CCCNC(=O)COC(=O)CCc1nc(-c2ccc(F)cc2)no1. The number of aromatic nitrogens is 2. The number of esters is 1. The van der Waals surface area contributed by atoms with Gasteiger partial charge in [-0.3, -0.25) is 9.59 Å². The van der Waals surface area contributed by atoms with Crippen molar-refractivity contribution in [1.29, 1.82) is 5.26 Å². The van der Waals surface area contributed by atoms with Crippen molar-refractivity contribution in [1.82, 2.24) is 15.5 Å². The maximum absolute atomic E-state index is 12.9. The van der Waals surface area contributed by atoms with Crippen molar-refractivity contribution in [3.05, 3.63) is 36.0 Å². The van der Waals surface area contributed by atoms with Gasteiger partial charge in [0.05, 0.1) is 18.9 Å². The highest BCUT2D eigenvalue weighted by Gasteiger charge is 2.12. The van der Waals surface area contributed by atoms with Crippen molar-refractivity contribution >= 4 is 11.9 Å². The fourth-order valence-corrected chi connectivity index (χ4v) is 1.81. The molecule has 25 heavy (non-hydrogen) atoms. The van der Waals surface area contributed by atoms with E-state index in [0.717, 1.165) is 0 Å². The van der Waals surface area contributed by atoms with Gasteiger partial charge in [0, 0.05) is 18.5 Å². The van der Waals surface area contributed by atoms with Crippen molar-refractivity contribution in [2.24, 2.45) is 0 Å². The highest BCUT2D eigenvalue weighted by molar-refractivity contribution is 5.80. The van der Waals surface area contributed by atoms with Crippen molar-refractivity contribution in [2.75, 3.05) is 13.2 Å². The lowest BCUT2D eigenvalue weighted by Gasteiger charge is -2.04. The first kappa shape index (κ1) is 18.1. The average Bonchev–Trinajstić information content (AvgIpc) is 3.08. The molecule has 2 aromatic rings. The third kappa shape index (κ3) is 6.02. The Balaban J connectivity index is 1.74. The molecule has 1 amide bonds. The third-order valence-electron chi connectivity index (χ3n) is 3.04. The lowest BCUT2D eigenvalue weighted by molar-refractivity contribution is -0.148. The number of carbonyl (C=O) groups is 2. The van der Waals surface area contributed by atoms with Crippen molar-refractivity contribution in [3.63, 3.8) is 0 Å². The van der Waals surface area contributed by atoms with Crippen LogP contribution in [-0.4, -0.2) is 35.2 Å². The number of carbonyl (C=O) groups excluding carboxylic acids is 2. The van der Waals surface area contributed by atoms with Crippen LogP contribution in [0.4, 0.5) is 4.39 Å². The third-order valence-corrected chi connectivity index (χ3v) is 3.04. The molecule has 0 aliphatic rings. The molecule has 0 atom stereocenters. The van der Waals surface area contributed by atoms with Gasteiger partial charge in [-0.25, -0.2) is 4.39 Å². The first-order chi connectivity index (χ1) is 12.1. The van der Waals surface area contributed by atoms with Gasteiger partial charge < -0.3 is 14.6 Å². The van der Waals surface area contributed by atoms with Crippen LogP contribution in [0.15, 0.2) is 28.8 Å². The van der Waals surface area contributed by atoms with E-state index in [1.807, 2.05) is 6.07 Å². The zero-order chi connectivity index (χ0) is 18.1. The minimum Gasteiger partial charge on any atom is -0.456 e. The summed E-state index contributed by atoms with van der Waals surface area (Å²) < 4.78 is 22.7. The van der Waals surface area contributed by atoms with Crippen molar-refractivity contribution < 1.29 is 23.2 Å². The fourth-order valence-electron chi connectivity index (χ4n) is 1.81. The summed E-state index contributed by atoms with van der Waals surface area (Å²) >= 11 is 0. The highest BCUT2D eigenvalue weighted by Crippen LogP contribution is 2.16. The van der Waals surface area contributed by atoms with Gasteiger partial charge in [0.15, 0.2) is 6.61 Å². The van der Waals surface area contributed by atoms with E-state index in [2.05, 4.69) is 15.5 Å². The minimum absolute atomic E-state index is 0.0312. The number of nitrogens with zero attached hydrogens (tertiary/aromatic N) is 3. The Labute approximate surface area is 142 Å². The number of hydrogen-bond donors (Lipinski definition) is 1. The molecule has 1 aromatic heterocycles. The summed E-state index contributed by atoms with van der Waals surface area (Å²) in [6.07, 6.45) is 0.312. The number of benzene rings is 1. The zero-order valence-electron chi connectivity index (χ0n) is 13.2. The average molecular weight is 346 g/mol. The summed E-state index contributed by atoms with van der Waals surface area (Å²) in [6, 6.07) is 7.48. The molecular weight excluding hydrogens is 331 g/mol. The maximum Gasteiger partial charge on any atom is 0.306 e. The zero-order valence-corrected chi connectivity index (χ0v) is 13.2. The molecule has 1 aromatic carbocycles. The van der Waals surface area contributed by atoms with Gasteiger partial charge in [-0.1, -0.05) is 5.16 Å². The second-order valence-electron chi connectivity index (χ2n) is 4.94. The molecule has 1 N–H and O–H groups in total. The van der Waals surface area contributed by atoms with Gasteiger partial charge >= 0.3 is 5.97 Å².